The van der Waals surface area contributed by atoms with E-state index >= 15 is 0 Å². The highest BCUT2D eigenvalue weighted by Gasteiger charge is 2.31. The fraction of sp³-hybridized carbons (Fsp3) is 0.929. The zero-order valence-corrected chi connectivity index (χ0v) is 11.0. The molecule has 0 aromatic heterocycles. The Kier molecular flexibility index (Phi) is 4.43. The first-order chi connectivity index (χ1) is 8.20. The molecule has 2 aliphatic rings. The fourth-order valence-electron chi connectivity index (χ4n) is 3.10. The molecule has 3 N–H and O–H groups in total. The van der Waals surface area contributed by atoms with Crippen LogP contribution in [0.4, 0.5) is 0 Å². The second kappa shape index (κ2) is 5.85. The first-order valence-electron chi connectivity index (χ1n) is 7.21. The van der Waals surface area contributed by atoms with E-state index in [1.807, 2.05) is 0 Å². The lowest BCUT2D eigenvalue weighted by Crippen LogP contribution is -2.43. The van der Waals surface area contributed by atoms with Crippen molar-refractivity contribution in [2.45, 2.75) is 57.9 Å². The van der Waals surface area contributed by atoms with Crippen LogP contribution in [-0.4, -0.2) is 18.5 Å². The summed E-state index contributed by atoms with van der Waals surface area (Å²) in [6.45, 7) is 2.80. The third kappa shape index (κ3) is 3.70. The largest absolute Gasteiger partial charge is 0.353 e. The van der Waals surface area contributed by atoms with Crippen molar-refractivity contribution in [2.24, 2.45) is 23.5 Å². The minimum absolute atomic E-state index is 0.176. The average molecular weight is 238 g/mol. The summed E-state index contributed by atoms with van der Waals surface area (Å²) in [4.78, 5) is 12.2. The van der Waals surface area contributed by atoms with Gasteiger partial charge in [-0.25, -0.2) is 0 Å². The van der Waals surface area contributed by atoms with Crippen LogP contribution in [0.1, 0.15) is 51.9 Å². The molecule has 3 unspecified atom stereocenters. The van der Waals surface area contributed by atoms with Crippen LogP contribution < -0.4 is 11.1 Å². The van der Waals surface area contributed by atoms with Crippen LogP contribution in [0.2, 0.25) is 0 Å². The van der Waals surface area contributed by atoms with Crippen LogP contribution in [0.5, 0.6) is 0 Å². The summed E-state index contributed by atoms with van der Waals surface area (Å²) in [6, 6.07) is 0.343. The van der Waals surface area contributed by atoms with E-state index < -0.39 is 0 Å². The average Bonchev–Trinajstić information content (AvgIpc) is 3.12. The van der Waals surface area contributed by atoms with E-state index in [0.717, 1.165) is 25.2 Å². The monoisotopic (exact) mass is 238 g/mol. The molecule has 2 fully saturated rings. The molecular weight excluding hydrogens is 212 g/mol. The minimum Gasteiger partial charge on any atom is -0.353 e. The lowest BCUT2D eigenvalue weighted by Gasteiger charge is -2.30. The van der Waals surface area contributed by atoms with Gasteiger partial charge in [0.05, 0.1) is 0 Å². The quantitative estimate of drug-likeness (QED) is 0.770. The second-order valence-corrected chi connectivity index (χ2v) is 5.98. The van der Waals surface area contributed by atoms with Gasteiger partial charge >= 0.3 is 0 Å². The van der Waals surface area contributed by atoms with Crippen molar-refractivity contribution in [3.05, 3.63) is 0 Å². The molecule has 2 rings (SSSR count). The Balaban J connectivity index is 1.79. The lowest BCUT2D eigenvalue weighted by atomic mass is 9.78. The van der Waals surface area contributed by atoms with Crippen molar-refractivity contribution in [3.63, 3.8) is 0 Å². The first-order valence-corrected chi connectivity index (χ1v) is 7.21. The Hall–Kier alpha value is -0.570. The summed E-state index contributed by atoms with van der Waals surface area (Å²) in [7, 11) is 0. The topological polar surface area (TPSA) is 55.1 Å². The zero-order chi connectivity index (χ0) is 12.3. The number of nitrogens with one attached hydrogen (secondary N) is 1. The standard InChI is InChI=1S/C14H26N2O/c1-10(8-11-6-7-11)16-14(17)13-5-3-2-4-12(13)9-15/h10-13H,2-9,15H2,1H3,(H,16,17). The van der Waals surface area contributed by atoms with Crippen LogP contribution in [0.3, 0.4) is 0 Å². The number of hydrogen-bond acceptors (Lipinski definition) is 2. The number of rotatable bonds is 5. The van der Waals surface area contributed by atoms with E-state index in [0.29, 0.717) is 18.5 Å². The highest BCUT2D eigenvalue weighted by atomic mass is 16.1. The van der Waals surface area contributed by atoms with Crippen LogP contribution in [0.25, 0.3) is 0 Å². The second-order valence-electron chi connectivity index (χ2n) is 5.98. The third-order valence-corrected chi connectivity index (χ3v) is 4.32. The molecule has 3 nitrogen and oxygen atoms in total. The smallest absolute Gasteiger partial charge is 0.223 e. The Morgan fingerprint density at radius 1 is 1.29 bits per heavy atom. The lowest BCUT2D eigenvalue weighted by molar-refractivity contribution is -0.128. The summed E-state index contributed by atoms with van der Waals surface area (Å²) in [5.74, 6) is 1.72. The highest BCUT2D eigenvalue weighted by molar-refractivity contribution is 5.79. The molecule has 2 saturated carbocycles. The molecule has 0 bridgehead atoms. The number of carbonyl (C=O) groups is 1. The van der Waals surface area contributed by atoms with Gasteiger partial charge in [-0.1, -0.05) is 25.7 Å². The Morgan fingerprint density at radius 3 is 2.65 bits per heavy atom. The predicted molar refractivity (Wildman–Crippen MR) is 69.4 cm³/mol. The Labute approximate surface area is 105 Å². The number of carbonyl (C=O) groups excluding carboxylic acids is 1. The molecule has 0 spiro atoms. The van der Waals surface area contributed by atoms with Crippen molar-refractivity contribution in [3.8, 4) is 0 Å². The van der Waals surface area contributed by atoms with Gasteiger partial charge in [0.1, 0.15) is 0 Å². The Bertz CT molecular complexity index is 263. The molecule has 0 aromatic carbocycles. The maximum Gasteiger partial charge on any atom is 0.223 e. The summed E-state index contributed by atoms with van der Waals surface area (Å²) in [5, 5.41) is 3.19. The number of hydrogen-bond donors (Lipinski definition) is 2. The van der Waals surface area contributed by atoms with Gasteiger partial charge < -0.3 is 11.1 Å². The SMILES string of the molecule is CC(CC1CC1)NC(=O)C1CCCCC1CN. The first kappa shape index (κ1) is 12.9. The van der Waals surface area contributed by atoms with E-state index in [1.54, 1.807) is 0 Å². The van der Waals surface area contributed by atoms with Gasteiger partial charge in [0, 0.05) is 12.0 Å². The molecule has 1 amide bonds. The van der Waals surface area contributed by atoms with Crippen LogP contribution in [0, 0.1) is 17.8 Å². The van der Waals surface area contributed by atoms with Crippen LogP contribution in [-0.2, 0) is 4.79 Å². The van der Waals surface area contributed by atoms with Gasteiger partial charge in [0.25, 0.3) is 0 Å². The highest BCUT2D eigenvalue weighted by Crippen LogP contribution is 2.34. The summed E-state index contributed by atoms with van der Waals surface area (Å²) in [5.41, 5.74) is 5.77. The molecule has 0 aromatic rings. The van der Waals surface area contributed by atoms with E-state index in [1.165, 1.54) is 25.7 Å². The molecule has 0 aliphatic heterocycles. The molecule has 3 heteroatoms. The summed E-state index contributed by atoms with van der Waals surface area (Å²) in [6.07, 6.45) is 8.46. The molecule has 98 valence electrons. The number of nitrogens with two attached hydrogens (primary N) is 1. The summed E-state index contributed by atoms with van der Waals surface area (Å²) < 4.78 is 0. The summed E-state index contributed by atoms with van der Waals surface area (Å²) >= 11 is 0. The zero-order valence-electron chi connectivity index (χ0n) is 11.0. The van der Waals surface area contributed by atoms with E-state index in [4.69, 9.17) is 5.73 Å². The van der Waals surface area contributed by atoms with Crippen molar-refractivity contribution >= 4 is 5.91 Å². The van der Waals surface area contributed by atoms with Gasteiger partial charge in [0.15, 0.2) is 0 Å². The van der Waals surface area contributed by atoms with Crippen molar-refractivity contribution in [1.82, 2.24) is 5.32 Å². The molecule has 2 aliphatic carbocycles. The van der Waals surface area contributed by atoms with Gasteiger partial charge in [0.2, 0.25) is 5.91 Å². The Morgan fingerprint density at radius 2 is 2.00 bits per heavy atom. The van der Waals surface area contributed by atoms with E-state index in [-0.39, 0.29) is 11.8 Å². The van der Waals surface area contributed by atoms with Crippen LogP contribution in [0.15, 0.2) is 0 Å². The van der Waals surface area contributed by atoms with Gasteiger partial charge in [-0.15, -0.1) is 0 Å². The maximum atomic E-state index is 12.2. The van der Waals surface area contributed by atoms with Gasteiger partial charge in [-0.3, -0.25) is 4.79 Å². The van der Waals surface area contributed by atoms with Gasteiger partial charge in [-0.05, 0) is 44.6 Å². The van der Waals surface area contributed by atoms with Crippen molar-refractivity contribution in [1.29, 1.82) is 0 Å². The predicted octanol–water partition coefficient (Wildman–Crippen LogP) is 2.06. The normalized spacial score (nSPS) is 30.9. The van der Waals surface area contributed by atoms with Crippen molar-refractivity contribution < 1.29 is 4.79 Å². The maximum absolute atomic E-state index is 12.2. The van der Waals surface area contributed by atoms with Crippen LogP contribution >= 0.6 is 0 Å². The third-order valence-electron chi connectivity index (χ3n) is 4.32. The molecule has 0 saturated heterocycles. The van der Waals surface area contributed by atoms with E-state index in [2.05, 4.69) is 12.2 Å². The molecule has 3 atom stereocenters. The fourth-order valence-corrected chi connectivity index (χ4v) is 3.10. The molecule has 17 heavy (non-hydrogen) atoms. The molecule has 0 radical (unpaired) electrons. The molecule has 0 heterocycles. The molecular formula is C14H26N2O. The number of amides is 1. The van der Waals surface area contributed by atoms with Crippen molar-refractivity contribution in [2.75, 3.05) is 6.54 Å². The minimum atomic E-state index is 0.176. The van der Waals surface area contributed by atoms with E-state index in [9.17, 15) is 4.79 Å². The van der Waals surface area contributed by atoms with Gasteiger partial charge in [-0.2, -0.15) is 0 Å².